The van der Waals surface area contributed by atoms with Crippen LogP contribution in [0.5, 0.6) is 0 Å². The van der Waals surface area contributed by atoms with E-state index in [9.17, 15) is 13.2 Å². The van der Waals surface area contributed by atoms with Gasteiger partial charge in [0.15, 0.2) is 0 Å². The zero-order chi connectivity index (χ0) is 7.65. The van der Waals surface area contributed by atoms with E-state index in [-0.39, 0.29) is 0 Å². The summed E-state index contributed by atoms with van der Waals surface area (Å²) in [5, 5.41) is 0. The highest BCUT2D eigenvalue weighted by Crippen LogP contribution is 2.25. The van der Waals surface area contributed by atoms with E-state index in [4.69, 9.17) is 11.5 Å². The summed E-state index contributed by atoms with van der Waals surface area (Å²) in [4.78, 5) is 0. The molecule has 4 N–H and O–H groups in total. The Morgan fingerprint density at radius 2 is 1.56 bits per heavy atom. The van der Waals surface area contributed by atoms with Crippen molar-refractivity contribution < 1.29 is 13.2 Å². The minimum Gasteiger partial charge on any atom is -0.316 e. The van der Waals surface area contributed by atoms with Gasteiger partial charge in [-0.1, -0.05) is 6.92 Å². The Kier molecular flexibility index (Phi) is 2.45. The lowest BCUT2D eigenvalue weighted by molar-refractivity contribution is -0.174. The Bertz CT molecular complexity index is 88.3. The van der Waals surface area contributed by atoms with Crippen molar-refractivity contribution in [2.45, 2.75) is 19.3 Å². The van der Waals surface area contributed by atoms with Gasteiger partial charge in [0.1, 0.15) is 0 Å². The minimum atomic E-state index is -4.27. The second-order valence-electron chi connectivity index (χ2n) is 1.91. The van der Waals surface area contributed by atoms with Crippen molar-refractivity contribution in [3.63, 3.8) is 0 Å². The molecule has 0 amide bonds. The van der Waals surface area contributed by atoms with E-state index in [1.165, 1.54) is 0 Å². The fourth-order valence-electron chi connectivity index (χ4n) is 0.218. The molecule has 0 fully saturated rings. The maximum absolute atomic E-state index is 11.5. The van der Waals surface area contributed by atoms with Gasteiger partial charge in [-0.25, -0.2) is 0 Å². The van der Waals surface area contributed by atoms with Crippen molar-refractivity contribution in [3.05, 3.63) is 0 Å². The quantitative estimate of drug-likeness (QED) is 0.521. The van der Waals surface area contributed by atoms with E-state index in [0.717, 1.165) is 6.92 Å². The first-order chi connectivity index (χ1) is 3.85. The van der Waals surface area contributed by atoms with Crippen LogP contribution in [0.25, 0.3) is 0 Å². The normalized spacial score (nSPS) is 16.3. The number of halogens is 3. The highest BCUT2D eigenvalue weighted by atomic mass is 19.4. The second-order valence-corrected chi connectivity index (χ2v) is 1.91. The van der Waals surface area contributed by atoms with E-state index in [0.29, 0.717) is 0 Å². The van der Waals surface area contributed by atoms with Crippen LogP contribution in [-0.4, -0.2) is 12.3 Å². The van der Waals surface area contributed by atoms with Gasteiger partial charge in [0.2, 0.25) is 0 Å². The third-order valence-electron chi connectivity index (χ3n) is 1.09. The summed E-state index contributed by atoms with van der Waals surface area (Å²) in [5.41, 5.74) is 9.56. The molecule has 0 aromatic carbocycles. The van der Waals surface area contributed by atoms with E-state index in [1.54, 1.807) is 0 Å². The van der Waals surface area contributed by atoms with Crippen LogP contribution in [0.15, 0.2) is 0 Å². The number of hydrogen-bond acceptors (Lipinski definition) is 2. The molecular weight excluding hydrogens is 133 g/mol. The van der Waals surface area contributed by atoms with Gasteiger partial charge in [-0.15, -0.1) is 0 Å². The Balaban J connectivity index is 3.88. The predicted octanol–water partition coefficient (Wildman–Crippen LogP) is 0.428. The predicted molar refractivity (Wildman–Crippen MR) is 27.4 cm³/mol. The molecular formula is C4H9F3N2. The average Bonchev–Trinajstić information content (AvgIpc) is 1.62. The molecule has 9 heavy (non-hydrogen) atoms. The van der Waals surface area contributed by atoms with Gasteiger partial charge in [0.25, 0.3) is 0 Å². The zero-order valence-corrected chi connectivity index (χ0v) is 4.94. The molecule has 0 aliphatic carbocycles. The van der Waals surface area contributed by atoms with E-state index in [1.807, 2.05) is 0 Å². The molecule has 0 bridgehead atoms. The molecule has 0 aromatic heterocycles. The molecule has 0 aromatic rings. The van der Waals surface area contributed by atoms with Crippen LogP contribution in [0.3, 0.4) is 0 Å². The smallest absolute Gasteiger partial charge is 0.316 e. The molecule has 0 aliphatic heterocycles. The zero-order valence-electron chi connectivity index (χ0n) is 4.94. The van der Waals surface area contributed by atoms with Gasteiger partial charge in [0.05, 0.1) is 12.1 Å². The summed E-state index contributed by atoms with van der Waals surface area (Å²) in [5.74, 6) is -1.63. The fourth-order valence-corrected chi connectivity index (χ4v) is 0.218. The lowest BCUT2D eigenvalue weighted by Gasteiger charge is -2.18. The van der Waals surface area contributed by atoms with E-state index < -0.39 is 18.3 Å². The van der Waals surface area contributed by atoms with Crippen molar-refractivity contribution >= 4 is 0 Å². The van der Waals surface area contributed by atoms with Gasteiger partial charge in [-0.05, 0) is 0 Å². The maximum atomic E-state index is 11.5. The van der Waals surface area contributed by atoms with Crippen molar-refractivity contribution in [1.82, 2.24) is 0 Å². The first kappa shape index (κ1) is 8.71. The van der Waals surface area contributed by atoms with Crippen LogP contribution >= 0.6 is 0 Å². The standard InChI is InChI=1S/C4H9F3N2/c1-2(3(8)9)4(5,6)7/h2-3H,8-9H2,1H3/t2-/m0/s1. The average molecular weight is 142 g/mol. The molecule has 0 heterocycles. The van der Waals surface area contributed by atoms with Gasteiger partial charge in [0, 0.05) is 0 Å². The summed E-state index contributed by atoms with van der Waals surface area (Å²) >= 11 is 0. The van der Waals surface area contributed by atoms with Crippen molar-refractivity contribution in [2.75, 3.05) is 0 Å². The van der Waals surface area contributed by atoms with Crippen molar-refractivity contribution in [2.24, 2.45) is 17.4 Å². The van der Waals surface area contributed by atoms with Crippen LogP contribution in [0.2, 0.25) is 0 Å². The molecule has 56 valence electrons. The van der Waals surface area contributed by atoms with Crippen LogP contribution in [0.1, 0.15) is 6.92 Å². The fraction of sp³-hybridized carbons (Fsp3) is 1.00. The maximum Gasteiger partial charge on any atom is 0.394 e. The van der Waals surface area contributed by atoms with Gasteiger partial charge in [-0.2, -0.15) is 13.2 Å². The van der Waals surface area contributed by atoms with E-state index in [2.05, 4.69) is 0 Å². The van der Waals surface area contributed by atoms with E-state index >= 15 is 0 Å². The molecule has 0 radical (unpaired) electrons. The van der Waals surface area contributed by atoms with Crippen molar-refractivity contribution in [1.29, 1.82) is 0 Å². The molecule has 1 atom stereocenters. The van der Waals surface area contributed by atoms with Gasteiger partial charge >= 0.3 is 6.18 Å². The highest BCUT2D eigenvalue weighted by molar-refractivity contribution is 4.69. The Hall–Kier alpha value is -0.290. The third-order valence-corrected chi connectivity index (χ3v) is 1.09. The summed E-state index contributed by atoms with van der Waals surface area (Å²) in [6, 6.07) is 0. The first-order valence-electron chi connectivity index (χ1n) is 2.43. The number of rotatable bonds is 1. The number of nitrogens with two attached hydrogens (primary N) is 2. The Morgan fingerprint density at radius 1 is 1.22 bits per heavy atom. The second kappa shape index (κ2) is 2.53. The lowest BCUT2D eigenvalue weighted by atomic mass is 10.1. The Labute approximate surface area is 51.0 Å². The van der Waals surface area contributed by atoms with Crippen molar-refractivity contribution in [3.8, 4) is 0 Å². The van der Waals surface area contributed by atoms with Crippen LogP contribution in [-0.2, 0) is 0 Å². The molecule has 0 saturated heterocycles. The highest BCUT2D eigenvalue weighted by Gasteiger charge is 2.38. The number of hydrogen-bond donors (Lipinski definition) is 2. The summed E-state index contributed by atoms with van der Waals surface area (Å²) in [6.45, 7) is 0.949. The first-order valence-corrected chi connectivity index (χ1v) is 2.43. The topological polar surface area (TPSA) is 52.0 Å². The largest absolute Gasteiger partial charge is 0.394 e. The molecule has 5 heteroatoms. The number of alkyl halides is 3. The minimum absolute atomic E-state index is 0.949. The third kappa shape index (κ3) is 2.67. The molecule has 0 saturated carbocycles. The summed E-state index contributed by atoms with van der Waals surface area (Å²) < 4.78 is 34.6. The van der Waals surface area contributed by atoms with Gasteiger partial charge in [-0.3, -0.25) is 0 Å². The molecule has 2 nitrogen and oxygen atoms in total. The summed E-state index contributed by atoms with van der Waals surface area (Å²) in [6.07, 6.45) is -5.58. The molecule has 0 aliphatic rings. The molecule has 0 spiro atoms. The summed E-state index contributed by atoms with van der Waals surface area (Å²) in [7, 11) is 0. The SMILES string of the molecule is C[C@@H](C(N)N)C(F)(F)F. The molecule has 0 unspecified atom stereocenters. The monoisotopic (exact) mass is 142 g/mol. The molecule has 0 rings (SSSR count). The van der Waals surface area contributed by atoms with Crippen LogP contribution < -0.4 is 11.5 Å². The Morgan fingerprint density at radius 3 is 1.56 bits per heavy atom. The van der Waals surface area contributed by atoms with Crippen LogP contribution in [0.4, 0.5) is 13.2 Å². The van der Waals surface area contributed by atoms with Crippen LogP contribution in [0, 0.1) is 5.92 Å². The van der Waals surface area contributed by atoms with Gasteiger partial charge < -0.3 is 11.5 Å². The lowest BCUT2D eigenvalue weighted by Crippen LogP contribution is -2.44.